The quantitative estimate of drug-likeness (QED) is 0.865. The van der Waals surface area contributed by atoms with E-state index in [-0.39, 0.29) is 17.5 Å². The highest BCUT2D eigenvalue weighted by Gasteiger charge is 2.31. The molecule has 0 spiro atoms. The largest absolute Gasteiger partial charge is 0.330 e. The molecule has 0 saturated heterocycles. The van der Waals surface area contributed by atoms with Gasteiger partial charge in [-0.25, -0.2) is 4.68 Å². The predicted molar refractivity (Wildman–Crippen MR) is 90.9 cm³/mol. The van der Waals surface area contributed by atoms with Gasteiger partial charge in [0.1, 0.15) is 5.69 Å². The molecule has 3 rings (SSSR count). The van der Waals surface area contributed by atoms with Crippen molar-refractivity contribution < 1.29 is 4.79 Å². The van der Waals surface area contributed by atoms with Crippen LogP contribution in [0.3, 0.4) is 0 Å². The van der Waals surface area contributed by atoms with Crippen LogP contribution in [0.15, 0.2) is 28.4 Å². The third kappa shape index (κ3) is 2.95. The Morgan fingerprint density at radius 2 is 2.17 bits per heavy atom. The van der Waals surface area contributed by atoms with Crippen LogP contribution in [0.5, 0.6) is 0 Å². The molecule has 0 N–H and O–H groups in total. The standard InChI is InChI=1S/C17H21N3O2S/c1-3-9-20-16(21)6-5-13(18-20)17(22)19-10-7-15-12(8-11-23-15)14(19)4-2/h5-6,8,11,14H,3-4,7,9-10H2,1-2H3. The van der Waals surface area contributed by atoms with E-state index in [9.17, 15) is 9.59 Å². The number of carbonyl (C=O) groups excluding carboxylic acids is 1. The summed E-state index contributed by atoms with van der Waals surface area (Å²) in [5.74, 6) is -0.0847. The van der Waals surface area contributed by atoms with Crippen LogP contribution >= 0.6 is 11.3 Å². The highest BCUT2D eigenvalue weighted by molar-refractivity contribution is 7.10. The van der Waals surface area contributed by atoms with Crippen LogP contribution in [-0.2, 0) is 13.0 Å². The zero-order valence-corrected chi connectivity index (χ0v) is 14.3. The number of nitrogens with zero attached hydrogens (tertiary/aromatic N) is 3. The van der Waals surface area contributed by atoms with Crippen LogP contribution in [0.1, 0.15) is 53.7 Å². The van der Waals surface area contributed by atoms with E-state index in [1.807, 2.05) is 11.8 Å². The Balaban J connectivity index is 1.91. The van der Waals surface area contributed by atoms with E-state index in [0.717, 1.165) is 19.3 Å². The molecule has 0 aromatic carbocycles. The number of aromatic nitrogens is 2. The third-order valence-corrected chi connectivity index (χ3v) is 5.26. The maximum atomic E-state index is 12.9. The summed E-state index contributed by atoms with van der Waals surface area (Å²) in [5, 5.41) is 6.36. The zero-order chi connectivity index (χ0) is 16.4. The number of fused-ring (bicyclic) bond motifs is 1. The molecule has 1 aliphatic rings. The van der Waals surface area contributed by atoms with Crippen molar-refractivity contribution in [3.05, 3.63) is 50.1 Å². The minimum atomic E-state index is -0.158. The van der Waals surface area contributed by atoms with Gasteiger partial charge in [0.2, 0.25) is 0 Å². The molecule has 5 nitrogen and oxygen atoms in total. The van der Waals surface area contributed by atoms with E-state index in [4.69, 9.17) is 0 Å². The van der Waals surface area contributed by atoms with Crippen molar-refractivity contribution in [2.45, 2.75) is 45.7 Å². The predicted octanol–water partition coefficient (Wildman–Crippen LogP) is 2.86. The van der Waals surface area contributed by atoms with Gasteiger partial charge in [-0.2, -0.15) is 5.10 Å². The van der Waals surface area contributed by atoms with Crippen LogP contribution in [0, 0.1) is 0 Å². The zero-order valence-electron chi connectivity index (χ0n) is 13.5. The Morgan fingerprint density at radius 1 is 1.35 bits per heavy atom. The molecule has 2 aromatic heterocycles. The van der Waals surface area contributed by atoms with Gasteiger partial charge in [0.05, 0.1) is 6.04 Å². The molecule has 1 aliphatic heterocycles. The SMILES string of the molecule is CCCn1nc(C(=O)N2CCc3sccc3C2CC)ccc1=O. The lowest BCUT2D eigenvalue weighted by Gasteiger charge is -2.35. The second-order valence-electron chi connectivity index (χ2n) is 5.75. The van der Waals surface area contributed by atoms with E-state index in [0.29, 0.717) is 18.8 Å². The highest BCUT2D eigenvalue weighted by Crippen LogP contribution is 2.35. The molecule has 2 aromatic rings. The Labute approximate surface area is 139 Å². The number of hydrogen-bond acceptors (Lipinski definition) is 4. The van der Waals surface area contributed by atoms with Crippen molar-refractivity contribution >= 4 is 17.2 Å². The maximum Gasteiger partial charge on any atom is 0.274 e. The van der Waals surface area contributed by atoms with Crippen molar-refractivity contribution in [2.24, 2.45) is 0 Å². The summed E-state index contributed by atoms with van der Waals surface area (Å²) in [6, 6.07) is 5.22. The molecule has 0 saturated carbocycles. The minimum absolute atomic E-state index is 0.0847. The van der Waals surface area contributed by atoms with E-state index in [1.165, 1.54) is 21.2 Å². The lowest BCUT2D eigenvalue weighted by molar-refractivity contribution is 0.0648. The Kier molecular flexibility index (Phi) is 4.61. The summed E-state index contributed by atoms with van der Waals surface area (Å²) in [7, 11) is 0. The summed E-state index contributed by atoms with van der Waals surface area (Å²) in [4.78, 5) is 28.0. The van der Waals surface area contributed by atoms with Crippen molar-refractivity contribution in [3.8, 4) is 0 Å². The summed E-state index contributed by atoms with van der Waals surface area (Å²) < 4.78 is 1.38. The molecule has 0 radical (unpaired) electrons. The summed E-state index contributed by atoms with van der Waals surface area (Å²) >= 11 is 1.77. The monoisotopic (exact) mass is 331 g/mol. The van der Waals surface area contributed by atoms with Crippen molar-refractivity contribution in [1.29, 1.82) is 0 Å². The van der Waals surface area contributed by atoms with Crippen molar-refractivity contribution in [2.75, 3.05) is 6.54 Å². The summed E-state index contributed by atoms with van der Waals surface area (Å²) in [5.41, 5.74) is 1.46. The average Bonchev–Trinajstić information content (AvgIpc) is 3.04. The molecular weight excluding hydrogens is 310 g/mol. The van der Waals surface area contributed by atoms with E-state index < -0.39 is 0 Å². The van der Waals surface area contributed by atoms with Crippen molar-refractivity contribution in [1.82, 2.24) is 14.7 Å². The first-order valence-electron chi connectivity index (χ1n) is 8.11. The first-order valence-corrected chi connectivity index (χ1v) is 8.99. The van der Waals surface area contributed by atoms with Gasteiger partial charge in [0.25, 0.3) is 11.5 Å². The molecule has 0 aliphatic carbocycles. The van der Waals surface area contributed by atoms with Gasteiger partial charge in [-0.05, 0) is 42.3 Å². The van der Waals surface area contributed by atoms with Gasteiger partial charge in [0, 0.05) is 24.0 Å². The fourth-order valence-electron chi connectivity index (χ4n) is 3.16. The van der Waals surface area contributed by atoms with Crippen molar-refractivity contribution in [3.63, 3.8) is 0 Å². The first-order chi connectivity index (χ1) is 11.2. The van der Waals surface area contributed by atoms with Gasteiger partial charge in [0.15, 0.2) is 0 Å². The van der Waals surface area contributed by atoms with Gasteiger partial charge in [-0.3, -0.25) is 9.59 Å². The lowest BCUT2D eigenvalue weighted by Crippen LogP contribution is -2.40. The molecule has 1 atom stereocenters. The average molecular weight is 331 g/mol. The van der Waals surface area contributed by atoms with Crippen LogP contribution < -0.4 is 5.56 Å². The Bertz CT molecular complexity index is 765. The normalized spacial score (nSPS) is 17.1. The van der Waals surface area contributed by atoms with Gasteiger partial charge >= 0.3 is 0 Å². The topological polar surface area (TPSA) is 55.2 Å². The van der Waals surface area contributed by atoms with E-state index in [2.05, 4.69) is 23.5 Å². The molecule has 0 bridgehead atoms. The second-order valence-corrected chi connectivity index (χ2v) is 6.75. The molecular formula is C17H21N3O2S. The number of amides is 1. The molecule has 1 amide bonds. The fourth-order valence-corrected chi connectivity index (χ4v) is 4.09. The van der Waals surface area contributed by atoms with Gasteiger partial charge in [-0.15, -0.1) is 11.3 Å². The van der Waals surface area contributed by atoms with Gasteiger partial charge in [-0.1, -0.05) is 13.8 Å². The molecule has 0 fully saturated rings. The molecule has 23 heavy (non-hydrogen) atoms. The number of rotatable bonds is 4. The van der Waals surface area contributed by atoms with Gasteiger partial charge < -0.3 is 4.90 Å². The number of carbonyl (C=O) groups is 1. The smallest absolute Gasteiger partial charge is 0.274 e. The van der Waals surface area contributed by atoms with E-state index >= 15 is 0 Å². The summed E-state index contributed by atoms with van der Waals surface area (Å²) in [6.45, 7) is 5.33. The first kappa shape index (κ1) is 15.9. The number of hydrogen-bond donors (Lipinski definition) is 0. The number of thiophene rings is 1. The summed E-state index contributed by atoms with van der Waals surface area (Å²) in [6.07, 6.45) is 2.58. The molecule has 1 unspecified atom stereocenters. The van der Waals surface area contributed by atoms with E-state index in [1.54, 1.807) is 17.4 Å². The molecule has 6 heteroatoms. The van der Waals surface area contributed by atoms with Crippen LogP contribution in [0.2, 0.25) is 0 Å². The Hall–Kier alpha value is -1.95. The second kappa shape index (κ2) is 6.66. The lowest BCUT2D eigenvalue weighted by atomic mass is 9.97. The van der Waals surface area contributed by atoms with Crippen LogP contribution in [0.25, 0.3) is 0 Å². The van der Waals surface area contributed by atoms with Crippen LogP contribution in [0.4, 0.5) is 0 Å². The highest BCUT2D eigenvalue weighted by atomic mass is 32.1. The molecule has 122 valence electrons. The molecule has 3 heterocycles. The maximum absolute atomic E-state index is 12.9. The third-order valence-electron chi connectivity index (χ3n) is 4.26. The Morgan fingerprint density at radius 3 is 2.91 bits per heavy atom. The number of aryl methyl sites for hydroxylation is 1. The van der Waals surface area contributed by atoms with Crippen LogP contribution in [-0.4, -0.2) is 27.1 Å². The minimum Gasteiger partial charge on any atom is -0.330 e. The fraction of sp³-hybridized carbons (Fsp3) is 0.471.